The van der Waals surface area contributed by atoms with E-state index in [0.717, 1.165) is 5.56 Å². The van der Waals surface area contributed by atoms with E-state index in [2.05, 4.69) is 5.32 Å². The molecular formula is C18H18N2O5S. The van der Waals surface area contributed by atoms with Crippen molar-refractivity contribution < 1.29 is 23.9 Å². The van der Waals surface area contributed by atoms with E-state index in [-0.39, 0.29) is 18.9 Å². The van der Waals surface area contributed by atoms with Crippen LogP contribution in [0, 0.1) is 0 Å². The molecule has 3 rings (SSSR count). The molecule has 8 heteroatoms. The number of amides is 2. The maximum absolute atomic E-state index is 12.0. The van der Waals surface area contributed by atoms with Crippen LogP contribution in [-0.4, -0.2) is 42.4 Å². The first-order valence-corrected chi connectivity index (χ1v) is 8.94. The van der Waals surface area contributed by atoms with Gasteiger partial charge < -0.3 is 19.7 Å². The number of anilines is 1. The second-order valence-electron chi connectivity index (χ2n) is 5.84. The van der Waals surface area contributed by atoms with Gasteiger partial charge in [0.1, 0.15) is 5.75 Å². The van der Waals surface area contributed by atoms with Crippen molar-refractivity contribution in [2.45, 2.75) is 19.1 Å². The number of nitrogens with one attached hydrogen (secondary N) is 1. The number of para-hydroxylation sites is 2. The highest BCUT2D eigenvalue weighted by atomic mass is 32.1. The highest BCUT2D eigenvalue weighted by molar-refractivity contribution is 7.07. The Balaban J connectivity index is 1.47. The first-order valence-electron chi connectivity index (χ1n) is 8.00. The molecule has 0 aliphatic carbocycles. The molecule has 1 atom stereocenters. The van der Waals surface area contributed by atoms with Crippen LogP contribution in [0.4, 0.5) is 5.69 Å². The molecule has 0 bridgehead atoms. The first-order chi connectivity index (χ1) is 12.5. The quantitative estimate of drug-likeness (QED) is 0.782. The van der Waals surface area contributed by atoms with Gasteiger partial charge in [-0.2, -0.15) is 11.3 Å². The summed E-state index contributed by atoms with van der Waals surface area (Å²) in [6.45, 7) is 0.0786. The van der Waals surface area contributed by atoms with Gasteiger partial charge in [-0.1, -0.05) is 12.1 Å². The lowest BCUT2D eigenvalue weighted by Gasteiger charge is -2.25. The Morgan fingerprint density at radius 1 is 1.31 bits per heavy atom. The molecule has 1 aromatic heterocycles. The van der Waals surface area contributed by atoms with Crippen LogP contribution in [0.15, 0.2) is 41.1 Å². The minimum atomic E-state index is -0.976. The highest BCUT2D eigenvalue weighted by Crippen LogP contribution is 2.29. The number of likely N-dealkylation sites (N-methyl/N-ethyl adjacent to an activating group) is 1. The van der Waals surface area contributed by atoms with Crippen molar-refractivity contribution in [1.82, 2.24) is 4.90 Å². The lowest BCUT2D eigenvalue weighted by molar-refractivity contribution is -0.154. The van der Waals surface area contributed by atoms with Gasteiger partial charge in [-0.15, -0.1) is 0 Å². The van der Waals surface area contributed by atoms with Gasteiger partial charge in [0.2, 0.25) is 0 Å². The number of benzene rings is 1. The Bertz CT molecular complexity index is 806. The predicted molar refractivity (Wildman–Crippen MR) is 95.9 cm³/mol. The average Bonchev–Trinajstić information content (AvgIpc) is 3.13. The number of rotatable bonds is 6. The van der Waals surface area contributed by atoms with E-state index < -0.39 is 18.0 Å². The molecule has 0 saturated heterocycles. The largest absolute Gasteiger partial charge is 0.478 e. The fraction of sp³-hybridized carbons (Fsp3) is 0.278. The molecule has 2 amide bonds. The van der Waals surface area contributed by atoms with Gasteiger partial charge in [-0.05, 0) is 34.5 Å². The van der Waals surface area contributed by atoms with E-state index in [1.54, 1.807) is 42.6 Å². The molecule has 2 heterocycles. The van der Waals surface area contributed by atoms with Gasteiger partial charge in [0.15, 0.2) is 12.7 Å². The molecule has 26 heavy (non-hydrogen) atoms. The number of fused-ring (bicyclic) bond motifs is 1. The third-order valence-corrected chi connectivity index (χ3v) is 4.57. The number of hydrogen-bond acceptors (Lipinski definition) is 6. The third kappa shape index (κ3) is 4.40. The second-order valence-corrected chi connectivity index (χ2v) is 6.62. The van der Waals surface area contributed by atoms with E-state index in [1.807, 2.05) is 16.8 Å². The number of esters is 1. The van der Waals surface area contributed by atoms with E-state index in [9.17, 15) is 14.4 Å². The normalized spacial score (nSPS) is 15.4. The molecule has 1 N–H and O–H groups in total. The summed E-state index contributed by atoms with van der Waals surface area (Å²) in [5.41, 5.74) is 1.58. The molecule has 136 valence electrons. The zero-order chi connectivity index (χ0) is 18.5. The Labute approximate surface area is 154 Å². The Kier molecular flexibility index (Phi) is 5.52. The fourth-order valence-corrected chi connectivity index (χ4v) is 3.09. The Morgan fingerprint density at radius 2 is 2.12 bits per heavy atom. The summed E-state index contributed by atoms with van der Waals surface area (Å²) in [4.78, 5) is 37.5. The van der Waals surface area contributed by atoms with Crippen molar-refractivity contribution in [3.8, 4) is 5.75 Å². The summed E-state index contributed by atoms with van der Waals surface area (Å²) >= 11 is 1.55. The van der Waals surface area contributed by atoms with Crippen LogP contribution in [0.5, 0.6) is 5.75 Å². The molecule has 0 saturated carbocycles. The van der Waals surface area contributed by atoms with Crippen molar-refractivity contribution in [2.75, 3.05) is 19.0 Å². The number of carbonyl (C=O) groups is 3. The van der Waals surface area contributed by atoms with E-state index in [4.69, 9.17) is 9.47 Å². The summed E-state index contributed by atoms with van der Waals surface area (Å²) in [5.74, 6) is -0.899. The van der Waals surface area contributed by atoms with Crippen molar-refractivity contribution in [1.29, 1.82) is 0 Å². The third-order valence-electron chi connectivity index (χ3n) is 3.84. The molecule has 0 radical (unpaired) electrons. The van der Waals surface area contributed by atoms with Crippen LogP contribution >= 0.6 is 11.3 Å². The minimum Gasteiger partial charge on any atom is -0.478 e. The Hall–Kier alpha value is -2.87. The molecule has 1 aromatic carbocycles. The van der Waals surface area contributed by atoms with E-state index in [0.29, 0.717) is 18.0 Å². The van der Waals surface area contributed by atoms with Crippen LogP contribution in [0.1, 0.15) is 12.0 Å². The van der Waals surface area contributed by atoms with Crippen LogP contribution in [0.3, 0.4) is 0 Å². The van der Waals surface area contributed by atoms with Gasteiger partial charge in [0, 0.05) is 13.6 Å². The Morgan fingerprint density at radius 3 is 2.88 bits per heavy atom. The zero-order valence-corrected chi connectivity index (χ0v) is 15.0. The summed E-state index contributed by atoms with van der Waals surface area (Å²) < 4.78 is 10.5. The van der Waals surface area contributed by atoms with Crippen molar-refractivity contribution >= 4 is 34.8 Å². The average molecular weight is 374 g/mol. The van der Waals surface area contributed by atoms with Crippen LogP contribution in [0.2, 0.25) is 0 Å². The fourth-order valence-electron chi connectivity index (χ4n) is 2.43. The monoisotopic (exact) mass is 374 g/mol. The molecule has 0 fully saturated rings. The number of nitrogens with zero attached hydrogens (tertiary/aromatic N) is 1. The summed E-state index contributed by atoms with van der Waals surface area (Å²) in [6.07, 6.45) is -1.24. The van der Waals surface area contributed by atoms with E-state index in [1.165, 1.54) is 4.90 Å². The smallest absolute Gasteiger partial charge is 0.310 e. The molecule has 0 unspecified atom stereocenters. The molecule has 2 aromatic rings. The molecular weight excluding hydrogens is 356 g/mol. The van der Waals surface area contributed by atoms with Crippen molar-refractivity contribution in [2.24, 2.45) is 0 Å². The number of ether oxygens (including phenoxy) is 2. The van der Waals surface area contributed by atoms with Gasteiger partial charge in [0.05, 0.1) is 12.1 Å². The number of carbonyl (C=O) groups excluding carboxylic acids is 3. The molecule has 1 aliphatic rings. The van der Waals surface area contributed by atoms with Crippen molar-refractivity contribution in [3.63, 3.8) is 0 Å². The zero-order valence-electron chi connectivity index (χ0n) is 14.1. The second kappa shape index (κ2) is 8.01. The number of thiophene rings is 1. The molecule has 7 nitrogen and oxygen atoms in total. The first kappa shape index (κ1) is 17.9. The van der Waals surface area contributed by atoms with Crippen LogP contribution in [0.25, 0.3) is 0 Å². The maximum atomic E-state index is 12.0. The lowest BCUT2D eigenvalue weighted by atomic mass is 10.1. The highest BCUT2D eigenvalue weighted by Gasteiger charge is 2.30. The maximum Gasteiger partial charge on any atom is 0.310 e. The van der Waals surface area contributed by atoms with Crippen molar-refractivity contribution in [3.05, 3.63) is 46.7 Å². The topological polar surface area (TPSA) is 84.9 Å². The van der Waals surface area contributed by atoms with Crippen LogP contribution in [-0.2, 0) is 25.7 Å². The summed E-state index contributed by atoms with van der Waals surface area (Å²) in [7, 11) is 1.64. The van der Waals surface area contributed by atoms with E-state index >= 15 is 0 Å². The predicted octanol–water partition coefficient (Wildman–Crippen LogP) is 2.04. The van der Waals surface area contributed by atoms with Crippen LogP contribution < -0.4 is 10.1 Å². The summed E-state index contributed by atoms with van der Waals surface area (Å²) in [5, 5.41) is 6.56. The minimum absolute atomic E-state index is 0.262. The van der Waals surface area contributed by atoms with Gasteiger partial charge >= 0.3 is 5.97 Å². The van der Waals surface area contributed by atoms with Gasteiger partial charge in [-0.25, -0.2) is 0 Å². The van der Waals surface area contributed by atoms with Gasteiger partial charge in [0.25, 0.3) is 11.8 Å². The standard InChI is InChI=1S/C18H18N2O5S/c1-20(9-12-6-7-26-11-12)16(21)10-24-17(22)8-15-18(23)19-13-4-2-3-5-14(13)25-15/h2-7,11,15H,8-10H2,1H3,(H,19,23)/t15-/m1/s1. The lowest BCUT2D eigenvalue weighted by Crippen LogP contribution is -2.39. The number of hydrogen-bond donors (Lipinski definition) is 1. The molecule has 1 aliphatic heterocycles. The SMILES string of the molecule is CN(Cc1ccsc1)C(=O)COC(=O)C[C@H]1Oc2ccccc2NC1=O. The summed E-state index contributed by atoms with van der Waals surface area (Å²) in [6, 6.07) is 8.89. The molecule has 0 spiro atoms. The van der Waals surface area contributed by atoms with Gasteiger partial charge in [-0.3, -0.25) is 14.4 Å².